The van der Waals surface area contributed by atoms with Crippen LogP contribution in [0, 0.1) is 6.92 Å². The third kappa shape index (κ3) is 7.51. The summed E-state index contributed by atoms with van der Waals surface area (Å²) in [5.41, 5.74) is 2.52. The standard InChI is InChI=1S/C22H29ClN2O2/c1-3-4-5-6-7-14-27-19-11-8-10-18(15-19)25-22(26)16-24-21-13-9-12-20(23)17(21)2/h8-13,15,24H,3-7,14,16H2,1-2H3,(H,25,26). The number of rotatable bonds is 11. The van der Waals surface area contributed by atoms with E-state index in [2.05, 4.69) is 17.6 Å². The summed E-state index contributed by atoms with van der Waals surface area (Å²) in [6, 6.07) is 13.1. The zero-order chi connectivity index (χ0) is 19.5. The lowest BCUT2D eigenvalue weighted by Gasteiger charge is -2.12. The van der Waals surface area contributed by atoms with Crippen molar-refractivity contribution in [2.45, 2.75) is 46.0 Å². The van der Waals surface area contributed by atoms with Crippen molar-refractivity contribution >= 4 is 28.9 Å². The maximum Gasteiger partial charge on any atom is 0.243 e. The van der Waals surface area contributed by atoms with Crippen LogP contribution in [0.2, 0.25) is 5.02 Å². The van der Waals surface area contributed by atoms with Crippen LogP contribution >= 0.6 is 11.6 Å². The van der Waals surface area contributed by atoms with E-state index in [-0.39, 0.29) is 12.5 Å². The van der Waals surface area contributed by atoms with Gasteiger partial charge in [0.2, 0.25) is 5.91 Å². The number of ether oxygens (including phenoxy) is 1. The fourth-order valence-electron chi connectivity index (χ4n) is 2.74. The highest BCUT2D eigenvalue weighted by molar-refractivity contribution is 6.31. The van der Waals surface area contributed by atoms with E-state index >= 15 is 0 Å². The van der Waals surface area contributed by atoms with Crippen molar-refractivity contribution in [3.8, 4) is 5.75 Å². The summed E-state index contributed by atoms with van der Waals surface area (Å²) in [5.74, 6) is 0.660. The molecule has 0 bridgehead atoms. The molecule has 0 aliphatic heterocycles. The Morgan fingerprint density at radius 2 is 1.85 bits per heavy atom. The van der Waals surface area contributed by atoms with Gasteiger partial charge in [-0.25, -0.2) is 0 Å². The number of hydrogen-bond donors (Lipinski definition) is 2. The fourth-order valence-corrected chi connectivity index (χ4v) is 2.91. The second-order valence-corrected chi connectivity index (χ2v) is 7.01. The number of hydrogen-bond acceptors (Lipinski definition) is 3. The number of unbranched alkanes of at least 4 members (excludes halogenated alkanes) is 4. The molecule has 0 spiro atoms. The highest BCUT2D eigenvalue weighted by Crippen LogP contribution is 2.23. The van der Waals surface area contributed by atoms with E-state index in [0.717, 1.165) is 29.1 Å². The smallest absolute Gasteiger partial charge is 0.243 e. The van der Waals surface area contributed by atoms with Gasteiger partial charge in [0.25, 0.3) is 0 Å². The Labute approximate surface area is 167 Å². The first-order chi connectivity index (χ1) is 13.1. The van der Waals surface area contributed by atoms with Gasteiger partial charge in [-0.05, 0) is 43.2 Å². The highest BCUT2D eigenvalue weighted by atomic mass is 35.5. The summed E-state index contributed by atoms with van der Waals surface area (Å²) >= 11 is 6.10. The SMILES string of the molecule is CCCCCCCOc1cccc(NC(=O)CNc2cccc(Cl)c2C)c1. The van der Waals surface area contributed by atoms with Crippen LogP contribution in [0.1, 0.15) is 44.6 Å². The van der Waals surface area contributed by atoms with Gasteiger partial charge in [-0.2, -0.15) is 0 Å². The Hall–Kier alpha value is -2.20. The lowest BCUT2D eigenvalue weighted by molar-refractivity contribution is -0.114. The molecule has 0 radical (unpaired) electrons. The Morgan fingerprint density at radius 3 is 2.67 bits per heavy atom. The monoisotopic (exact) mass is 388 g/mol. The van der Waals surface area contributed by atoms with Crippen LogP contribution in [0.5, 0.6) is 5.75 Å². The van der Waals surface area contributed by atoms with Crippen LogP contribution in [0.4, 0.5) is 11.4 Å². The second kappa shape index (κ2) is 11.5. The van der Waals surface area contributed by atoms with Crippen molar-refractivity contribution in [1.29, 1.82) is 0 Å². The van der Waals surface area contributed by atoms with Crippen molar-refractivity contribution in [1.82, 2.24) is 0 Å². The normalized spacial score (nSPS) is 10.5. The van der Waals surface area contributed by atoms with Gasteiger partial charge in [0.1, 0.15) is 5.75 Å². The Balaban J connectivity index is 1.77. The predicted octanol–water partition coefficient (Wildman–Crippen LogP) is 6.05. The average molecular weight is 389 g/mol. The first-order valence-corrected chi connectivity index (χ1v) is 9.99. The highest BCUT2D eigenvalue weighted by Gasteiger charge is 2.06. The molecule has 27 heavy (non-hydrogen) atoms. The third-order valence-corrected chi connectivity index (χ3v) is 4.75. The van der Waals surface area contributed by atoms with Crippen molar-refractivity contribution < 1.29 is 9.53 Å². The van der Waals surface area contributed by atoms with Gasteiger partial charge in [-0.1, -0.05) is 56.3 Å². The number of carbonyl (C=O) groups is 1. The Bertz CT molecular complexity index is 734. The maximum absolute atomic E-state index is 12.2. The molecule has 1 amide bonds. The Morgan fingerprint density at radius 1 is 1.07 bits per heavy atom. The molecule has 4 nitrogen and oxygen atoms in total. The van der Waals surface area contributed by atoms with Gasteiger partial charge in [0.15, 0.2) is 0 Å². The summed E-state index contributed by atoms with van der Waals surface area (Å²) < 4.78 is 5.79. The van der Waals surface area contributed by atoms with Crippen LogP contribution in [0.3, 0.4) is 0 Å². The van der Waals surface area contributed by atoms with Gasteiger partial charge in [-0.3, -0.25) is 4.79 Å². The first-order valence-electron chi connectivity index (χ1n) is 9.62. The molecule has 2 aromatic rings. The number of benzene rings is 2. The molecule has 2 rings (SSSR count). The number of amides is 1. The number of nitrogens with one attached hydrogen (secondary N) is 2. The average Bonchev–Trinajstić information content (AvgIpc) is 2.66. The molecule has 5 heteroatoms. The van der Waals surface area contributed by atoms with Gasteiger partial charge >= 0.3 is 0 Å². The summed E-state index contributed by atoms with van der Waals surface area (Å²) in [5, 5.41) is 6.69. The quantitative estimate of drug-likeness (QED) is 0.461. The maximum atomic E-state index is 12.2. The minimum atomic E-state index is -0.119. The molecule has 2 N–H and O–H groups in total. The van der Waals surface area contributed by atoms with Gasteiger partial charge in [-0.15, -0.1) is 0 Å². The summed E-state index contributed by atoms with van der Waals surface area (Å²) in [6.45, 7) is 5.01. The molecule has 0 heterocycles. The molecule has 0 aliphatic carbocycles. The van der Waals surface area contributed by atoms with Crippen molar-refractivity contribution in [2.24, 2.45) is 0 Å². The second-order valence-electron chi connectivity index (χ2n) is 6.60. The first kappa shape index (κ1) is 21.1. The van der Waals surface area contributed by atoms with E-state index in [0.29, 0.717) is 11.6 Å². The molecule has 0 fully saturated rings. The molecular formula is C22H29ClN2O2. The van der Waals surface area contributed by atoms with E-state index in [1.54, 1.807) is 0 Å². The zero-order valence-corrected chi connectivity index (χ0v) is 16.9. The summed E-state index contributed by atoms with van der Waals surface area (Å²) in [7, 11) is 0. The molecular weight excluding hydrogens is 360 g/mol. The molecule has 146 valence electrons. The molecule has 2 aromatic carbocycles. The van der Waals surface area contributed by atoms with E-state index < -0.39 is 0 Å². The van der Waals surface area contributed by atoms with E-state index in [4.69, 9.17) is 16.3 Å². The summed E-state index contributed by atoms with van der Waals surface area (Å²) in [6.07, 6.45) is 6.03. The largest absolute Gasteiger partial charge is 0.494 e. The minimum absolute atomic E-state index is 0.119. The van der Waals surface area contributed by atoms with E-state index in [1.807, 2.05) is 49.4 Å². The molecule has 0 unspecified atom stereocenters. The Kier molecular flexibility index (Phi) is 8.99. The molecule has 0 saturated carbocycles. The van der Waals surface area contributed by atoms with Gasteiger partial charge in [0.05, 0.1) is 13.2 Å². The lowest BCUT2D eigenvalue weighted by Crippen LogP contribution is -2.22. The zero-order valence-electron chi connectivity index (χ0n) is 16.2. The fraction of sp³-hybridized carbons (Fsp3) is 0.409. The molecule has 0 aromatic heterocycles. The summed E-state index contributed by atoms with van der Waals surface area (Å²) in [4.78, 5) is 12.2. The van der Waals surface area contributed by atoms with Crippen LogP contribution < -0.4 is 15.4 Å². The van der Waals surface area contributed by atoms with Crippen molar-refractivity contribution in [2.75, 3.05) is 23.8 Å². The van der Waals surface area contributed by atoms with Crippen LogP contribution in [0.25, 0.3) is 0 Å². The van der Waals surface area contributed by atoms with Crippen LogP contribution in [-0.2, 0) is 4.79 Å². The predicted molar refractivity (Wildman–Crippen MR) is 114 cm³/mol. The van der Waals surface area contributed by atoms with Crippen molar-refractivity contribution in [3.63, 3.8) is 0 Å². The van der Waals surface area contributed by atoms with E-state index in [9.17, 15) is 4.79 Å². The third-order valence-electron chi connectivity index (χ3n) is 4.34. The number of anilines is 2. The van der Waals surface area contributed by atoms with Crippen molar-refractivity contribution in [3.05, 3.63) is 53.1 Å². The van der Waals surface area contributed by atoms with Gasteiger partial charge < -0.3 is 15.4 Å². The molecule has 0 aliphatic rings. The number of halogens is 1. The number of carbonyl (C=O) groups excluding carboxylic acids is 1. The minimum Gasteiger partial charge on any atom is -0.494 e. The lowest BCUT2D eigenvalue weighted by atomic mass is 10.2. The molecule has 0 atom stereocenters. The van der Waals surface area contributed by atoms with Crippen LogP contribution in [0.15, 0.2) is 42.5 Å². The van der Waals surface area contributed by atoms with Crippen LogP contribution in [-0.4, -0.2) is 19.1 Å². The topological polar surface area (TPSA) is 50.4 Å². The van der Waals surface area contributed by atoms with Gasteiger partial charge in [0, 0.05) is 22.5 Å². The molecule has 0 saturated heterocycles. The van der Waals surface area contributed by atoms with E-state index in [1.165, 1.54) is 25.7 Å².